The second-order valence-corrected chi connectivity index (χ2v) is 6.98. The van der Waals surface area contributed by atoms with Gasteiger partial charge < -0.3 is 24.0 Å². The molecular weight excluding hydrogens is 350 g/mol. The van der Waals surface area contributed by atoms with Crippen molar-refractivity contribution < 1.29 is 23.8 Å². The van der Waals surface area contributed by atoms with Crippen LogP contribution in [-0.4, -0.2) is 37.0 Å². The Labute approximate surface area is 156 Å². The average Bonchev–Trinajstić information content (AvgIpc) is 2.63. The first kappa shape index (κ1) is 18.9. The first-order chi connectivity index (χ1) is 12.8. The number of likely N-dealkylation sites (tertiary alicyclic amines) is 1. The maximum Gasteiger partial charge on any atom is 0.340 e. The summed E-state index contributed by atoms with van der Waals surface area (Å²) in [5, 5.41) is 11.6. The molecule has 1 aromatic carbocycles. The Hall–Kier alpha value is -2.83. The number of carboxylic acids is 1. The van der Waals surface area contributed by atoms with E-state index in [0.29, 0.717) is 53.8 Å². The third-order valence-electron chi connectivity index (χ3n) is 5.22. The molecule has 144 valence electrons. The monoisotopic (exact) mass is 372 g/mol. The van der Waals surface area contributed by atoms with Gasteiger partial charge >= 0.3 is 5.63 Å². The van der Waals surface area contributed by atoms with Gasteiger partial charge in [0.1, 0.15) is 11.3 Å². The van der Waals surface area contributed by atoms with Crippen molar-refractivity contribution in [3.63, 3.8) is 0 Å². The molecule has 7 nitrogen and oxygen atoms in total. The summed E-state index contributed by atoms with van der Waals surface area (Å²) in [6, 6.07) is 3.62. The van der Waals surface area contributed by atoms with E-state index in [1.807, 2.05) is 13.0 Å². The lowest BCUT2D eigenvalue weighted by Crippen LogP contribution is -2.44. The zero-order valence-corrected chi connectivity index (χ0v) is 15.7. The van der Waals surface area contributed by atoms with Crippen LogP contribution < -0.4 is 15.5 Å². The van der Waals surface area contributed by atoms with Crippen molar-refractivity contribution in [3.8, 4) is 5.75 Å². The number of fused-ring (bicyclic) bond motifs is 1. The van der Waals surface area contributed by atoms with E-state index in [2.05, 4.69) is 0 Å². The van der Waals surface area contributed by atoms with Crippen molar-refractivity contribution in [1.29, 1.82) is 0 Å². The fourth-order valence-electron chi connectivity index (χ4n) is 3.63. The molecule has 0 aliphatic carbocycles. The van der Waals surface area contributed by atoms with E-state index in [4.69, 9.17) is 9.15 Å². The van der Waals surface area contributed by atoms with E-state index in [1.54, 1.807) is 25.0 Å². The summed E-state index contributed by atoms with van der Waals surface area (Å²) in [6.07, 6.45) is 0.649. The van der Waals surface area contributed by atoms with Crippen LogP contribution in [0.3, 0.4) is 0 Å². The fourth-order valence-corrected chi connectivity index (χ4v) is 3.63. The van der Waals surface area contributed by atoms with Crippen LogP contribution in [0.2, 0.25) is 0 Å². The van der Waals surface area contributed by atoms with E-state index in [-0.39, 0.29) is 12.3 Å². The third-order valence-corrected chi connectivity index (χ3v) is 5.22. The van der Waals surface area contributed by atoms with Crippen LogP contribution in [0.4, 0.5) is 0 Å². The fraction of sp³-hybridized carbons (Fsp3) is 0.450. The lowest BCUT2D eigenvalue weighted by atomic mass is 9.96. The number of benzene rings is 1. The van der Waals surface area contributed by atoms with Gasteiger partial charge in [0.2, 0.25) is 5.91 Å². The lowest BCUT2D eigenvalue weighted by molar-refractivity contribution is -0.312. The zero-order valence-electron chi connectivity index (χ0n) is 15.7. The first-order valence-electron chi connectivity index (χ1n) is 8.91. The molecule has 0 radical (unpaired) electrons. The Balaban J connectivity index is 1.89. The smallest absolute Gasteiger partial charge is 0.340 e. The van der Waals surface area contributed by atoms with Gasteiger partial charge in [-0.3, -0.25) is 4.79 Å². The number of methoxy groups -OCH3 is 1. The number of aryl methyl sites for hydroxylation is 2. The molecule has 0 unspecified atom stereocenters. The third kappa shape index (κ3) is 3.67. The van der Waals surface area contributed by atoms with E-state index < -0.39 is 17.5 Å². The number of hydrogen-bond donors (Lipinski definition) is 0. The van der Waals surface area contributed by atoms with Gasteiger partial charge in [0.15, 0.2) is 0 Å². The molecule has 27 heavy (non-hydrogen) atoms. The summed E-state index contributed by atoms with van der Waals surface area (Å²) in [7, 11) is 1.55. The summed E-state index contributed by atoms with van der Waals surface area (Å²) in [5.74, 6) is -1.22. The number of carbonyl (C=O) groups excluding carboxylic acids is 2. The van der Waals surface area contributed by atoms with Gasteiger partial charge in [0, 0.05) is 25.0 Å². The SMILES string of the molecule is COc1cc(C)cc2oc(=O)c(CC(=O)N3CCC(C(=O)[O-])CC3)c(C)c12. The molecule has 0 bridgehead atoms. The number of nitrogens with zero attached hydrogens (tertiary/aromatic N) is 1. The highest BCUT2D eigenvalue weighted by molar-refractivity contribution is 5.89. The number of carbonyl (C=O) groups is 2. The number of piperidine rings is 1. The molecule has 1 aliphatic heterocycles. The largest absolute Gasteiger partial charge is 0.550 e. The van der Waals surface area contributed by atoms with Crippen LogP contribution in [0.15, 0.2) is 21.3 Å². The predicted molar refractivity (Wildman–Crippen MR) is 96.5 cm³/mol. The van der Waals surface area contributed by atoms with E-state index in [0.717, 1.165) is 5.56 Å². The summed E-state index contributed by atoms with van der Waals surface area (Å²) < 4.78 is 10.9. The van der Waals surface area contributed by atoms with Gasteiger partial charge in [-0.25, -0.2) is 4.79 Å². The second kappa shape index (κ2) is 7.42. The average molecular weight is 372 g/mol. The summed E-state index contributed by atoms with van der Waals surface area (Å²) >= 11 is 0. The van der Waals surface area contributed by atoms with Crippen molar-refractivity contribution in [2.24, 2.45) is 5.92 Å². The molecule has 3 rings (SSSR count). The molecule has 1 saturated heterocycles. The van der Waals surface area contributed by atoms with Crippen LogP contribution in [0.25, 0.3) is 11.0 Å². The number of carboxylic acid groups (broad SMARTS) is 1. The molecule has 0 atom stereocenters. The molecule has 1 fully saturated rings. The Bertz CT molecular complexity index is 953. The molecule has 0 saturated carbocycles. The van der Waals surface area contributed by atoms with Gasteiger partial charge in [-0.2, -0.15) is 0 Å². The summed E-state index contributed by atoms with van der Waals surface area (Å²) in [5.41, 5.74) is 1.76. The van der Waals surface area contributed by atoms with Crippen molar-refractivity contribution in [1.82, 2.24) is 4.90 Å². The van der Waals surface area contributed by atoms with Crippen LogP contribution in [-0.2, 0) is 16.0 Å². The van der Waals surface area contributed by atoms with Crippen molar-refractivity contribution >= 4 is 22.8 Å². The minimum atomic E-state index is -1.07. The molecule has 0 spiro atoms. The molecular formula is C20H22NO6-. The van der Waals surface area contributed by atoms with Crippen LogP contribution in [0, 0.1) is 19.8 Å². The Kier molecular flexibility index (Phi) is 5.21. The highest BCUT2D eigenvalue weighted by Crippen LogP contribution is 2.31. The van der Waals surface area contributed by atoms with Gasteiger partial charge in [0.25, 0.3) is 0 Å². The minimum absolute atomic E-state index is 0.0862. The van der Waals surface area contributed by atoms with Crippen LogP contribution in [0.5, 0.6) is 5.75 Å². The van der Waals surface area contributed by atoms with Gasteiger partial charge in [0.05, 0.1) is 24.5 Å². The van der Waals surface area contributed by atoms with Crippen molar-refractivity contribution in [2.45, 2.75) is 33.1 Å². The maximum absolute atomic E-state index is 12.6. The highest BCUT2D eigenvalue weighted by Gasteiger charge is 2.25. The number of amides is 1. The Morgan fingerprint density at radius 2 is 1.93 bits per heavy atom. The number of aliphatic carboxylic acids is 1. The molecule has 2 heterocycles. The first-order valence-corrected chi connectivity index (χ1v) is 8.91. The van der Waals surface area contributed by atoms with Crippen molar-refractivity contribution in [3.05, 3.63) is 39.2 Å². The van der Waals surface area contributed by atoms with E-state index in [9.17, 15) is 19.5 Å². The maximum atomic E-state index is 12.6. The van der Waals surface area contributed by atoms with Gasteiger partial charge in [-0.15, -0.1) is 0 Å². The Morgan fingerprint density at radius 1 is 1.26 bits per heavy atom. The van der Waals surface area contributed by atoms with Gasteiger partial charge in [-0.05, 0) is 49.9 Å². The molecule has 0 N–H and O–H groups in total. The minimum Gasteiger partial charge on any atom is -0.550 e. The quantitative estimate of drug-likeness (QED) is 0.741. The molecule has 1 amide bonds. The van der Waals surface area contributed by atoms with Gasteiger partial charge in [-0.1, -0.05) is 0 Å². The topological polar surface area (TPSA) is 99.9 Å². The molecule has 1 aromatic heterocycles. The molecule has 1 aliphatic rings. The second-order valence-electron chi connectivity index (χ2n) is 6.98. The van der Waals surface area contributed by atoms with E-state index in [1.165, 1.54) is 0 Å². The van der Waals surface area contributed by atoms with Crippen LogP contribution >= 0.6 is 0 Å². The summed E-state index contributed by atoms with van der Waals surface area (Å²) in [4.78, 5) is 37.6. The number of rotatable bonds is 4. The lowest BCUT2D eigenvalue weighted by Gasteiger charge is -2.32. The van der Waals surface area contributed by atoms with Crippen molar-refractivity contribution in [2.75, 3.05) is 20.2 Å². The van der Waals surface area contributed by atoms with Crippen LogP contribution in [0.1, 0.15) is 29.5 Å². The number of ether oxygens (including phenoxy) is 1. The normalized spacial score (nSPS) is 15.1. The predicted octanol–water partition coefficient (Wildman–Crippen LogP) is 0.949. The molecule has 7 heteroatoms. The molecule has 2 aromatic rings. The zero-order chi connectivity index (χ0) is 19.7. The number of hydrogen-bond acceptors (Lipinski definition) is 6. The highest BCUT2D eigenvalue weighted by atomic mass is 16.5. The summed E-state index contributed by atoms with van der Waals surface area (Å²) in [6.45, 7) is 4.35. The van der Waals surface area contributed by atoms with E-state index >= 15 is 0 Å². The Morgan fingerprint density at radius 3 is 2.52 bits per heavy atom. The standard InChI is InChI=1S/C20H23NO6/c1-11-8-15(26-3)18-12(2)14(20(25)27-16(18)9-11)10-17(22)21-6-4-13(5-7-21)19(23)24/h8-9,13H,4-7,10H2,1-3H3,(H,23,24)/p-1.